The summed E-state index contributed by atoms with van der Waals surface area (Å²) in [4.78, 5) is 20.5. The van der Waals surface area contributed by atoms with E-state index in [1.54, 1.807) is 60.7 Å². The summed E-state index contributed by atoms with van der Waals surface area (Å²) in [5.41, 5.74) is 0.806. The van der Waals surface area contributed by atoms with Gasteiger partial charge >= 0.3 is 11.9 Å². The molecular formula is C16H16FeO6. The summed E-state index contributed by atoms with van der Waals surface area (Å²) in [5.74, 6) is -2.45. The van der Waals surface area contributed by atoms with Gasteiger partial charge in [-0.15, -0.1) is 0 Å². The molecule has 0 aliphatic carbocycles. The molecule has 0 saturated carbocycles. The van der Waals surface area contributed by atoms with E-state index in [0.717, 1.165) is 0 Å². The van der Waals surface area contributed by atoms with Gasteiger partial charge in [0.2, 0.25) is 0 Å². The van der Waals surface area contributed by atoms with Crippen LogP contribution in [0.1, 0.15) is 23.3 Å². The molecule has 0 radical (unpaired) electrons. The summed E-state index contributed by atoms with van der Waals surface area (Å²) < 4.78 is 0. The first kappa shape index (κ1) is 20.8. The second kappa shape index (κ2) is 10.5. The number of benzene rings is 2. The molecule has 7 heteroatoms. The monoisotopic (exact) mass is 360 g/mol. The van der Waals surface area contributed by atoms with Crippen LogP contribution in [0.2, 0.25) is 0 Å². The minimum absolute atomic E-state index is 0. The fraction of sp³-hybridized carbons (Fsp3) is 0.125. The summed E-state index contributed by atoms with van der Waals surface area (Å²) in [6.45, 7) is 0. The number of hydrogen-bond acceptors (Lipinski definition) is 4. The van der Waals surface area contributed by atoms with Crippen LogP contribution in [-0.4, -0.2) is 32.4 Å². The second-order valence-corrected chi connectivity index (χ2v) is 4.30. The standard InChI is InChI=1S/2C8H8O3.Fe/c2*9-7(8(10)11)6-4-2-1-3-5-6;/h2*1-5,7,9H,(H,10,11);. The van der Waals surface area contributed by atoms with Crippen molar-refractivity contribution in [2.75, 3.05) is 0 Å². The molecule has 0 aromatic heterocycles. The van der Waals surface area contributed by atoms with Gasteiger partial charge in [-0.1, -0.05) is 60.7 Å². The predicted molar refractivity (Wildman–Crippen MR) is 78.1 cm³/mol. The van der Waals surface area contributed by atoms with Gasteiger partial charge in [-0.25, -0.2) is 9.59 Å². The number of carboxylic acid groups (broad SMARTS) is 2. The molecule has 124 valence electrons. The number of carboxylic acids is 2. The van der Waals surface area contributed by atoms with E-state index in [4.69, 9.17) is 20.4 Å². The zero-order chi connectivity index (χ0) is 16.5. The third kappa shape index (κ3) is 7.08. The van der Waals surface area contributed by atoms with E-state index in [-0.39, 0.29) is 17.1 Å². The molecule has 2 aromatic carbocycles. The maximum Gasteiger partial charge on any atom is 0.337 e. The number of rotatable bonds is 4. The molecule has 0 fully saturated rings. The Balaban J connectivity index is 0.000000403. The van der Waals surface area contributed by atoms with Gasteiger partial charge in [-0.3, -0.25) is 0 Å². The number of aliphatic carboxylic acids is 2. The van der Waals surface area contributed by atoms with E-state index in [9.17, 15) is 9.59 Å². The van der Waals surface area contributed by atoms with Crippen LogP contribution >= 0.6 is 0 Å². The van der Waals surface area contributed by atoms with Crippen molar-refractivity contribution in [3.05, 3.63) is 71.8 Å². The fourth-order valence-corrected chi connectivity index (χ4v) is 1.56. The smallest absolute Gasteiger partial charge is 0.337 e. The maximum atomic E-state index is 10.2. The Kier molecular flexibility index (Phi) is 9.53. The Bertz CT molecular complexity index is 547. The van der Waals surface area contributed by atoms with E-state index in [1.165, 1.54) is 0 Å². The fourth-order valence-electron chi connectivity index (χ4n) is 1.56. The Hall–Kier alpha value is -2.18. The van der Waals surface area contributed by atoms with E-state index in [1.807, 2.05) is 0 Å². The molecule has 23 heavy (non-hydrogen) atoms. The Labute approximate surface area is 143 Å². The summed E-state index contributed by atoms with van der Waals surface area (Å²) in [7, 11) is 0. The number of carbonyl (C=O) groups is 2. The van der Waals surface area contributed by atoms with Gasteiger partial charge in [-0.05, 0) is 11.1 Å². The van der Waals surface area contributed by atoms with E-state index < -0.39 is 24.1 Å². The zero-order valence-corrected chi connectivity index (χ0v) is 13.0. The summed E-state index contributed by atoms with van der Waals surface area (Å²) in [5, 5.41) is 34.8. The Morgan fingerprint density at radius 1 is 0.652 bits per heavy atom. The molecule has 2 rings (SSSR count). The predicted octanol–water partition coefficient (Wildman–Crippen LogP) is 1.61. The van der Waals surface area contributed by atoms with Crippen LogP contribution in [-0.2, 0) is 26.7 Å². The van der Waals surface area contributed by atoms with Crippen molar-refractivity contribution in [3.8, 4) is 0 Å². The van der Waals surface area contributed by atoms with Gasteiger partial charge < -0.3 is 20.4 Å². The van der Waals surface area contributed by atoms with Crippen molar-refractivity contribution in [3.63, 3.8) is 0 Å². The quantitative estimate of drug-likeness (QED) is 0.616. The normalized spacial score (nSPS) is 11.9. The zero-order valence-electron chi connectivity index (χ0n) is 11.9. The van der Waals surface area contributed by atoms with E-state index in [2.05, 4.69) is 0 Å². The third-order valence-electron chi connectivity index (χ3n) is 2.70. The molecule has 0 bridgehead atoms. The average Bonchev–Trinajstić information content (AvgIpc) is 2.55. The van der Waals surface area contributed by atoms with E-state index >= 15 is 0 Å². The van der Waals surface area contributed by atoms with Gasteiger partial charge in [0.25, 0.3) is 0 Å². The second-order valence-electron chi connectivity index (χ2n) is 4.30. The van der Waals surface area contributed by atoms with Gasteiger partial charge in [0.1, 0.15) is 0 Å². The minimum Gasteiger partial charge on any atom is -0.479 e. The molecule has 4 N–H and O–H groups in total. The van der Waals surface area contributed by atoms with Crippen molar-refractivity contribution in [2.45, 2.75) is 12.2 Å². The first-order valence-electron chi connectivity index (χ1n) is 6.35. The molecule has 0 spiro atoms. The number of aliphatic hydroxyl groups excluding tert-OH is 2. The van der Waals surface area contributed by atoms with Gasteiger partial charge in [0, 0.05) is 17.1 Å². The molecule has 0 aliphatic rings. The van der Waals surface area contributed by atoms with Crippen molar-refractivity contribution in [1.29, 1.82) is 0 Å². The summed E-state index contributed by atoms with van der Waals surface area (Å²) in [6.07, 6.45) is -2.81. The molecular weight excluding hydrogens is 344 g/mol. The van der Waals surface area contributed by atoms with Crippen LogP contribution in [0.3, 0.4) is 0 Å². The van der Waals surface area contributed by atoms with Crippen LogP contribution in [0.25, 0.3) is 0 Å². The molecule has 2 atom stereocenters. The molecule has 2 unspecified atom stereocenters. The summed E-state index contributed by atoms with van der Waals surface area (Å²) >= 11 is 0. The largest absolute Gasteiger partial charge is 0.479 e. The van der Waals surface area contributed by atoms with Crippen LogP contribution in [0, 0.1) is 0 Å². The minimum atomic E-state index is -1.41. The van der Waals surface area contributed by atoms with E-state index in [0.29, 0.717) is 11.1 Å². The van der Waals surface area contributed by atoms with Crippen LogP contribution in [0.4, 0.5) is 0 Å². The van der Waals surface area contributed by atoms with Gasteiger partial charge in [-0.2, -0.15) is 0 Å². The first-order valence-corrected chi connectivity index (χ1v) is 6.35. The SMILES string of the molecule is O=C(O)C(O)c1ccccc1.O=C(O)C(O)c1ccccc1.[Fe]. The maximum absolute atomic E-state index is 10.2. The average molecular weight is 360 g/mol. The van der Waals surface area contributed by atoms with Crippen molar-refractivity contribution >= 4 is 11.9 Å². The molecule has 6 nitrogen and oxygen atoms in total. The van der Waals surface area contributed by atoms with Crippen LogP contribution in [0.5, 0.6) is 0 Å². The van der Waals surface area contributed by atoms with Crippen molar-refractivity contribution < 1.29 is 47.1 Å². The van der Waals surface area contributed by atoms with Crippen LogP contribution in [0.15, 0.2) is 60.7 Å². The van der Waals surface area contributed by atoms with Crippen molar-refractivity contribution in [1.82, 2.24) is 0 Å². The Morgan fingerprint density at radius 2 is 0.913 bits per heavy atom. The summed E-state index contributed by atoms with van der Waals surface area (Å²) in [6, 6.07) is 16.5. The first-order chi connectivity index (χ1) is 10.4. The van der Waals surface area contributed by atoms with Gasteiger partial charge in [0.05, 0.1) is 0 Å². The topological polar surface area (TPSA) is 115 Å². The molecule has 0 amide bonds. The number of hydrogen-bond donors (Lipinski definition) is 4. The number of aliphatic hydroxyl groups is 2. The van der Waals surface area contributed by atoms with Crippen molar-refractivity contribution in [2.24, 2.45) is 0 Å². The molecule has 0 aliphatic heterocycles. The molecule has 2 aromatic rings. The molecule has 0 saturated heterocycles. The van der Waals surface area contributed by atoms with Gasteiger partial charge in [0.15, 0.2) is 12.2 Å². The Morgan fingerprint density at radius 3 is 1.13 bits per heavy atom. The molecule has 0 heterocycles. The van der Waals surface area contributed by atoms with Crippen LogP contribution < -0.4 is 0 Å². The third-order valence-corrected chi connectivity index (χ3v) is 2.70.